The first kappa shape index (κ1) is 17.4. The first-order valence-electron chi connectivity index (χ1n) is 8.19. The molecule has 0 aliphatic carbocycles. The van der Waals surface area contributed by atoms with Gasteiger partial charge in [0, 0.05) is 17.8 Å². The number of pyridine rings is 1. The molecular formula is C19H20ClN3O2. The third-order valence-corrected chi connectivity index (χ3v) is 4.91. The molecule has 3 rings (SSSR count). The maximum atomic E-state index is 12.7. The molecule has 1 aliphatic rings. The molecule has 1 aromatic carbocycles. The van der Waals surface area contributed by atoms with Crippen LogP contribution in [0.4, 0.5) is 0 Å². The van der Waals surface area contributed by atoms with Gasteiger partial charge in [-0.1, -0.05) is 35.9 Å². The van der Waals surface area contributed by atoms with Crippen molar-refractivity contribution in [2.75, 3.05) is 6.54 Å². The first-order valence-corrected chi connectivity index (χ1v) is 8.57. The molecule has 6 heteroatoms. The zero-order chi connectivity index (χ0) is 18.0. The average molecular weight is 358 g/mol. The van der Waals surface area contributed by atoms with Crippen LogP contribution in [-0.4, -0.2) is 39.2 Å². The Balaban J connectivity index is 1.76. The third kappa shape index (κ3) is 3.66. The summed E-state index contributed by atoms with van der Waals surface area (Å²) in [5.74, 6) is -0.155. The van der Waals surface area contributed by atoms with E-state index in [4.69, 9.17) is 11.6 Å². The minimum atomic E-state index is -0.523. The van der Waals surface area contributed by atoms with E-state index >= 15 is 0 Å². The summed E-state index contributed by atoms with van der Waals surface area (Å²) in [7, 11) is 0. The van der Waals surface area contributed by atoms with Gasteiger partial charge in [-0.3, -0.25) is 14.6 Å². The van der Waals surface area contributed by atoms with Crippen LogP contribution in [0.2, 0.25) is 5.02 Å². The van der Waals surface area contributed by atoms with E-state index in [1.165, 1.54) is 0 Å². The number of aromatic nitrogens is 1. The largest absolute Gasteiger partial charge is 0.327 e. The van der Waals surface area contributed by atoms with Crippen LogP contribution < -0.4 is 0 Å². The van der Waals surface area contributed by atoms with Gasteiger partial charge in [0.05, 0.1) is 12.2 Å². The van der Waals surface area contributed by atoms with Gasteiger partial charge in [0.1, 0.15) is 12.6 Å². The van der Waals surface area contributed by atoms with Crippen molar-refractivity contribution in [1.29, 1.82) is 0 Å². The fourth-order valence-electron chi connectivity index (χ4n) is 2.98. The number of piperazine rings is 1. The molecule has 0 spiro atoms. The second-order valence-corrected chi connectivity index (χ2v) is 6.66. The molecule has 130 valence electrons. The van der Waals surface area contributed by atoms with E-state index in [9.17, 15) is 9.59 Å². The number of hydrogen-bond acceptors (Lipinski definition) is 3. The highest BCUT2D eigenvalue weighted by Gasteiger charge is 2.36. The predicted octanol–water partition coefficient (Wildman–Crippen LogP) is 2.80. The molecule has 1 fully saturated rings. The molecule has 1 atom stereocenters. The van der Waals surface area contributed by atoms with Gasteiger partial charge >= 0.3 is 0 Å². The summed E-state index contributed by atoms with van der Waals surface area (Å²) in [5, 5.41) is 0.599. The Labute approximate surface area is 152 Å². The van der Waals surface area contributed by atoms with Crippen LogP contribution in [0.1, 0.15) is 23.7 Å². The van der Waals surface area contributed by atoms with Gasteiger partial charge in [0.15, 0.2) is 0 Å². The second-order valence-electron chi connectivity index (χ2n) is 6.25. The minimum absolute atomic E-state index is 0.0558. The number of amides is 2. The molecule has 1 aromatic heterocycles. The molecule has 2 amide bonds. The maximum absolute atomic E-state index is 12.7. The van der Waals surface area contributed by atoms with Crippen LogP contribution in [0.5, 0.6) is 0 Å². The maximum Gasteiger partial charge on any atom is 0.245 e. The number of nitrogens with zero attached hydrogens (tertiary/aromatic N) is 3. The van der Waals surface area contributed by atoms with Gasteiger partial charge in [-0.2, -0.15) is 0 Å². The Morgan fingerprint density at radius 2 is 1.92 bits per heavy atom. The number of rotatable bonds is 4. The molecule has 0 bridgehead atoms. The van der Waals surface area contributed by atoms with E-state index in [0.717, 1.165) is 16.8 Å². The Hall–Kier alpha value is -2.40. The van der Waals surface area contributed by atoms with Gasteiger partial charge in [-0.15, -0.1) is 0 Å². The molecule has 25 heavy (non-hydrogen) atoms. The number of carbonyl (C=O) groups excluding carboxylic acids is 2. The summed E-state index contributed by atoms with van der Waals surface area (Å²) < 4.78 is 0. The summed E-state index contributed by atoms with van der Waals surface area (Å²) in [5.41, 5.74) is 2.66. The van der Waals surface area contributed by atoms with Crippen molar-refractivity contribution < 1.29 is 9.59 Å². The quantitative estimate of drug-likeness (QED) is 0.845. The zero-order valence-electron chi connectivity index (χ0n) is 14.3. The number of hydrogen-bond donors (Lipinski definition) is 0. The minimum Gasteiger partial charge on any atom is -0.327 e. The molecule has 0 radical (unpaired) electrons. The van der Waals surface area contributed by atoms with E-state index in [2.05, 4.69) is 4.98 Å². The molecule has 5 nitrogen and oxygen atoms in total. The van der Waals surface area contributed by atoms with E-state index in [0.29, 0.717) is 18.1 Å². The number of aryl methyl sites for hydroxylation is 1. The first-order chi connectivity index (χ1) is 12.0. The third-order valence-electron chi connectivity index (χ3n) is 4.54. The molecule has 0 N–H and O–H groups in total. The molecule has 1 saturated heterocycles. The van der Waals surface area contributed by atoms with Crippen molar-refractivity contribution in [2.24, 2.45) is 0 Å². The monoisotopic (exact) mass is 357 g/mol. The lowest BCUT2D eigenvalue weighted by Gasteiger charge is -2.38. The summed E-state index contributed by atoms with van der Waals surface area (Å²) in [6, 6.07) is 10.7. The average Bonchev–Trinajstić information content (AvgIpc) is 2.60. The van der Waals surface area contributed by atoms with Crippen LogP contribution in [0, 0.1) is 6.92 Å². The van der Waals surface area contributed by atoms with Crippen LogP contribution >= 0.6 is 11.6 Å². The van der Waals surface area contributed by atoms with Gasteiger partial charge in [-0.05, 0) is 37.1 Å². The number of halogens is 1. The van der Waals surface area contributed by atoms with Crippen LogP contribution in [0.25, 0.3) is 0 Å². The topological polar surface area (TPSA) is 53.5 Å². The van der Waals surface area contributed by atoms with E-state index in [1.807, 2.05) is 37.3 Å². The molecule has 0 unspecified atom stereocenters. The smallest absolute Gasteiger partial charge is 0.245 e. The lowest BCUT2D eigenvalue weighted by atomic mass is 10.1. The summed E-state index contributed by atoms with van der Waals surface area (Å²) in [6.07, 6.45) is 1.70. The van der Waals surface area contributed by atoms with Crippen molar-refractivity contribution in [2.45, 2.75) is 33.0 Å². The number of carbonyl (C=O) groups is 2. The standard InChI is InChI=1S/C19H20ClN3O2/c1-13-6-5-9-21-17(13)11-23-14(2)19(25)22(12-18(23)24)10-15-7-3-4-8-16(15)20/h3-9,14H,10-12H2,1-2H3/t14-/m0/s1. The SMILES string of the molecule is Cc1cccnc1CN1C(=O)CN(Cc2ccccc2Cl)C(=O)[C@@H]1C. The van der Waals surface area contributed by atoms with E-state index in [-0.39, 0.29) is 18.4 Å². The highest BCUT2D eigenvalue weighted by atomic mass is 35.5. The highest BCUT2D eigenvalue weighted by Crippen LogP contribution is 2.22. The van der Waals surface area contributed by atoms with Crippen molar-refractivity contribution in [3.63, 3.8) is 0 Å². The number of benzene rings is 1. The summed E-state index contributed by atoms with van der Waals surface area (Å²) in [6.45, 7) is 4.45. The summed E-state index contributed by atoms with van der Waals surface area (Å²) in [4.78, 5) is 32.9. The highest BCUT2D eigenvalue weighted by molar-refractivity contribution is 6.31. The lowest BCUT2D eigenvalue weighted by molar-refractivity contribution is -0.156. The summed E-state index contributed by atoms with van der Waals surface area (Å²) >= 11 is 6.18. The van der Waals surface area contributed by atoms with Crippen molar-refractivity contribution in [3.05, 3.63) is 64.4 Å². The van der Waals surface area contributed by atoms with Crippen molar-refractivity contribution >= 4 is 23.4 Å². The molecule has 2 aromatic rings. The molecule has 0 saturated carbocycles. The van der Waals surface area contributed by atoms with Crippen LogP contribution in [0.3, 0.4) is 0 Å². The van der Waals surface area contributed by atoms with E-state index in [1.54, 1.807) is 29.0 Å². The van der Waals surface area contributed by atoms with Gasteiger partial charge in [0.25, 0.3) is 0 Å². The predicted molar refractivity (Wildman–Crippen MR) is 95.9 cm³/mol. The normalized spacial score (nSPS) is 18.0. The Kier molecular flexibility index (Phi) is 5.04. The van der Waals surface area contributed by atoms with Crippen molar-refractivity contribution in [1.82, 2.24) is 14.8 Å². The molecule has 1 aliphatic heterocycles. The molecule has 2 heterocycles. The van der Waals surface area contributed by atoms with Crippen molar-refractivity contribution in [3.8, 4) is 0 Å². The van der Waals surface area contributed by atoms with Gasteiger partial charge in [0.2, 0.25) is 11.8 Å². The second kappa shape index (κ2) is 7.23. The Morgan fingerprint density at radius 3 is 2.64 bits per heavy atom. The fourth-order valence-corrected chi connectivity index (χ4v) is 3.18. The lowest BCUT2D eigenvalue weighted by Crippen LogP contribution is -2.58. The van der Waals surface area contributed by atoms with E-state index < -0.39 is 6.04 Å². The molecular weight excluding hydrogens is 338 g/mol. The van der Waals surface area contributed by atoms with Gasteiger partial charge < -0.3 is 9.80 Å². The Bertz CT molecular complexity index is 809. The van der Waals surface area contributed by atoms with Crippen LogP contribution in [-0.2, 0) is 22.7 Å². The fraction of sp³-hybridized carbons (Fsp3) is 0.316. The Morgan fingerprint density at radius 1 is 1.16 bits per heavy atom. The van der Waals surface area contributed by atoms with Gasteiger partial charge in [-0.25, -0.2) is 0 Å². The van der Waals surface area contributed by atoms with Crippen LogP contribution in [0.15, 0.2) is 42.6 Å². The zero-order valence-corrected chi connectivity index (χ0v) is 15.0.